The molecule has 13 heteroatoms. The van der Waals surface area contributed by atoms with Gasteiger partial charge >= 0.3 is 6.09 Å². The summed E-state index contributed by atoms with van der Waals surface area (Å²) in [5.41, 5.74) is 4.54. The molecule has 1 aliphatic heterocycles. The number of pyridine rings is 2. The van der Waals surface area contributed by atoms with Gasteiger partial charge in [-0.2, -0.15) is 0 Å². The highest BCUT2D eigenvalue weighted by Crippen LogP contribution is 2.28. The van der Waals surface area contributed by atoms with Crippen LogP contribution in [0, 0.1) is 17.6 Å². The molecule has 0 aliphatic carbocycles. The molecule has 1 fully saturated rings. The Labute approximate surface area is 233 Å². The zero-order valence-corrected chi connectivity index (χ0v) is 23.8. The Morgan fingerprint density at radius 3 is 2.40 bits per heavy atom. The van der Waals surface area contributed by atoms with Gasteiger partial charge in [0.15, 0.2) is 17.5 Å². The quantitative estimate of drug-likeness (QED) is 0.335. The Morgan fingerprint density at radius 2 is 1.80 bits per heavy atom. The maximum Gasteiger partial charge on any atom is 0.407 e. The highest BCUT2D eigenvalue weighted by atomic mass is 19.1. The second-order valence-electron chi connectivity index (χ2n) is 11.1. The molecule has 0 aromatic carbocycles. The Bertz CT molecular complexity index is 1200. The summed E-state index contributed by atoms with van der Waals surface area (Å²) in [7, 11) is 0. The molecule has 0 spiro atoms. The van der Waals surface area contributed by atoms with Crippen LogP contribution in [0.4, 0.5) is 36.7 Å². The van der Waals surface area contributed by atoms with Crippen molar-refractivity contribution in [3.05, 3.63) is 35.5 Å². The van der Waals surface area contributed by atoms with Gasteiger partial charge in [0.05, 0.1) is 30.7 Å². The summed E-state index contributed by atoms with van der Waals surface area (Å²) in [6, 6.07) is 1.48. The number of nitrogens with one attached hydrogen (secondary N) is 3. The standard InChI is InChI=1S/C27H39F2N7O4/c1-15(2)11-20(16(3)32-26(38)40-27(4,5)6)33-25-18(28)12-17(23(30)37)24(35-25)34-21-13-22(31-14-19(21)29)36-7-9-39-10-8-36/h12-16,20H,7-11H2,1-6H3,(H2,30,37)(H,32,38)(H2,31,33,34,35)/t16-,20+/m0/s1. The molecule has 220 valence electrons. The van der Waals surface area contributed by atoms with E-state index in [2.05, 4.69) is 25.9 Å². The van der Waals surface area contributed by atoms with E-state index in [1.54, 1.807) is 27.7 Å². The number of nitrogens with zero attached hydrogens (tertiary/aromatic N) is 3. The third kappa shape index (κ3) is 8.63. The average Bonchev–Trinajstić information content (AvgIpc) is 2.85. The highest BCUT2D eigenvalue weighted by molar-refractivity contribution is 5.98. The van der Waals surface area contributed by atoms with Gasteiger partial charge in [0.2, 0.25) is 0 Å². The third-order valence-corrected chi connectivity index (χ3v) is 6.07. The Kier molecular flexibility index (Phi) is 10.1. The number of nitrogens with two attached hydrogens (primary N) is 1. The molecule has 40 heavy (non-hydrogen) atoms. The first-order valence-electron chi connectivity index (χ1n) is 13.2. The summed E-state index contributed by atoms with van der Waals surface area (Å²) in [6.07, 6.45) is 0.989. The van der Waals surface area contributed by atoms with Crippen molar-refractivity contribution in [1.82, 2.24) is 15.3 Å². The van der Waals surface area contributed by atoms with Gasteiger partial charge in [-0.25, -0.2) is 23.5 Å². The zero-order valence-electron chi connectivity index (χ0n) is 23.8. The number of hydrogen-bond acceptors (Lipinski definition) is 9. The van der Waals surface area contributed by atoms with E-state index in [9.17, 15) is 14.0 Å². The molecule has 2 atom stereocenters. The number of primary amides is 1. The van der Waals surface area contributed by atoms with Crippen LogP contribution in [0.1, 0.15) is 58.3 Å². The van der Waals surface area contributed by atoms with Crippen molar-refractivity contribution in [3.8, 4) is 0 Å². The molecule has 3 heterocycles. The van der Waals surface area contributed by atoms with Crippen molar-refractivity contribution in [2.24, 2.45) is 11.7 Å². The number of carbonyl (C=O) groups is 2. The van der Waals surface area contributed by atoms with Crippen molar-refractivity contribution in [2.75, 3.05) is 41.8 Å². The first-order chi connectivity index (χ1) is 18.7. The van der Waals surface area contributed by atoms with Crippen LogP contribution in [0.5, 0.6) is 0 Å². The maximum atomic E-state index is 15.2. The molecule has 2 amide bonds. The number of morpholine rings is 1. The van der Waals surface area contributed by atoms with E-state index >= 15 is 4.39 Å². The van der Waals surface area contributed by atoms with Crippen LogP contribution < -0.4 is 26.6 Å². The Morgan fingerprint density at radius 1 is 1.12 bits per heavy atom. The summed E-state index contributed by atoms with van der Waals surface area (Å²) in [6.45, 7) is 13.2. The molecule has 1 aliphatic rings. The third-order valence-electron chi connectivity index (χ3n) is 6.07. The van der Waals surface area contributed by atoms with Crippen LogP contribution in [0.2, 0.25) is 0 Å². The van der Waals surface area contributed by atoms with Crippen LogP contribution in [-0.2, 0) is 9.47 Å². The van der Waals surface area contributed by atoms with Crippen LogP contribution in [0.3, 0.4) is 0 Å². The lowest BCUT2D eigenvalue weighted by Crippen LogP contribution is -2.47. The number of rotatable bonds is 10. The van der Waals surface area contributed by atoms with Crippen molar-refractivity contribution >= 4 is 35.1 Å². The number of amides is 2. The monoisotopic (exact) mass is 563 g/mol. The van der Waals surface area contributed by atoms with Gasteiger partial charge in [-0.05, 0) is 46.1 Å². The van der Waals surface area contributed by atoms with Gasteiger partial charge in [0.1, 0.15) is 17.2 Å². The minimum absolute atomic E-state index is 0.0114. The van der Waals surface area contributed by atoms with Gasteiger partial charge < -0.3 is 36.1 Å². The van der Waals surface area contributed by atoms with Crippen LogP contribution in [0.15, 0.2) is 18.3 Å². The van der Waals surface area contributed by atoms with Crippen LogP contribution in [0.25, 0.3) is 0 Å². The number of carbonyl (C=O) groups excluding carboxylic acids is 2. The fraction of sp³-hybridized carbons (Fsp3) is 0.556. The molecular weight excluding hydrogens is 524 g/mol. The summed E-state index contributed by atoms with van der Waals surface area (Å²) in [4.78, 5) is 34.9. The molecule has 2 aromatic heterocycles. The lowest BCUT2D eigenvalue weighted by Gasteiger charge is -2.29. The highest BCUT2D eigenvalue weighted by Gasteiger charge is 2.26. The van der Waals surface area contributed by atoms with Gasteiger partial charge in [-0.15, -0.1) is 0 Å². The number of hydrogen-bond donors (Lipinski definition) is 4. The first kappa shape index (κ1) is 30.8. The second kappa shape index (κ2) is 13.1. The molecule has 0 saturated carbocycles. The van der Waals surface area contributed by atoms with E-state index in [-0.39, 0.29) is 28.8 Å². The fourth-order valence-corrected chi connectivity index (χ4v) is 4.16. The summed E-state index contributed by atoms with van der Waals surface area (Å²) in [5, 5.41) is 8.61. The summed E-state index contributed by atoms with van der Waals surface area (Å²) < 4.78 is 40.7. The minimum Gasteiger partial charge on any atom is -0.444 e. The van der Waals surface area contributed by atoms with E-state index in [1.165, 1.54) is 6.07 Å². The van der Waals surface area contributed by atoms with Gasteiger partial charge in [0.25, 0.3) is 5.91 Å². The molecule has 5 N–H and O–H groups in total. The number of halogens is 2. The van der Waals surface area contributed by atoms with E-state index < -0.39 is 41.3 Å². The van der Waals surface area contributed by atoms with E-state index in [0.29, 0.717) is 38.5 Å². The number of ether oxygens (including phenoxy) is 2. The van der Waals surface area contributed by atoms with Crippen LogP contribution >= 0.6 is 0 Å². The van der Waals surface area contributed by atoms with E-state index in [4.69, 9.17) is 15.2 Å². The van der Waals surface area contributed by atoms with Gasteiger partial charge in [0, 0.05) is 31.2 Å². The van der Waals surface area contributed by atoms with Crippen molar-refractivity contribution in [3.63, 3.8) is 0 Å². The van der Waals surface area contributed by atoms with E-state index in [0.717, 1.165) is 12.3 Å². The number of anilines is 4. The van der Waals surface area contributed by atoms with E-state index in [1.807, 2.05) is 18.7 Å². The Balaban J connectivity index is 1.90. The summed E-state index contributed by atoms with van der Waals surface area (Å²) >= 11 is 0. The molecule has 0 unspecified atom stereocenters. The largest absolute Gasteiger partial charge is 0.444 e. The van der Waals surface area contributed by atoms with Crippen LogP contribution in [-0.4, -0.2) is 66.0 Å². The number of aromatic nitrogens is 2. The molecule has 11 nitrogen and oxygen atoms in total. The molecular formula is C27H39F2N7O4. The summed E-state index contributed by atoms with van der Waals surface area (Å²) in [5.74, 6) is -2.11. The molecule has 2 aromatic rings. The normalized spacial score (nSPS) is 15.4. The fourth-order valence-electron chi connectivity index (χ4n) is 4.16. The van der Waals surface area contributed by atoms with Gasteiger partial charge in [-0.3, -0.25) is 4.79 Å². The average molecular weight is 564 g/mol. The zero-order chi connectivity index (χ0) is 29.6. The lowest BCUT2D eigenvalue weighted by molar-refractivity contribution is 0.0501. The predicted octanol–water partition coefficient (Wildman–Crippen LogP) is 4.17. The van der Waals surface area contributed by atoms with Crippen molar-refractivity contribution in [2.45, 2.75) is 65.6 Å². The minimum atomic E-state index is -0.943. The first-order valence-corrected chi connectivity index (χ1v) is 13.2. The molecule has 1 saturated heterocycles. The van der Waals surface area contributed by atoms with Gasteiger partial charge in [-0.1, -0.05) is 13.8 Å². The second-order valence-corrected chi connectivity index (χ2v) is 11.1. The smallest absolute Gasteiger partial charge is 0.407 e. The molecule has 3 rings (SSSR count). The molecule has 0 radical (unpaired) electrons. The predicted molar refractivity (Wildman–Crippen MR) is 149 cm³/mol. The lowest BCUT2D eigenvalue weighted by atomic mass is 9.98. The van der Waals surface area contributed by atoms with Crippen molar-refractivity contribution < 1.29 is 27.8 Å². The SMILES string of the molecule is CC(C)C[C@@H](Nc1nc(Nc2cc(N3CCOCC3)ncc2F)c(C(N)=O)cc1F)[C@H](C)NC(=O)OC(C)(C)C. The number of alkyl carbamates (subject to hydrolysis) is 1. The van der Waals surface area contributed by atoms with Crippen molar-refractivity contribution in [1.29, 1.82) is 0 Å². The topological polar surface area (TPSA) is 144 Å². The Hall–Kier alpha value is -3.74. The molecule has 0 bridgehead atoms. The maximum absolute atomic E-state index is 15.2.